The van der Waals surface area contributed by atoms with Gasteiger partial charge in [0.2, 0.25) is 5.91 Å². The van der Waals surface area contributed by atoms with E-state index in [1.54, 1.807) is 56.3 Å². The van der Waals surface area contributed by atoms with Crippen LogP contribution in [0, 0.1) is 6.92 Å². The van der Waals surface area contributed by atoms with Gasteiger partial charge in [0.05, 0.1) is 18.6 Å². The first kappa shape index (κ1) is 23.4. The minimum atomic E-state index is -0.620. The third kappa shape index (κ3) is 7.52. The molecule has 0 aromatic heterocycles. The Hall–Kier alpha value is -2.86. The van der Waals surface area contributed by atoms with Gasteiger partial charge in [0.15, 0.2) is 0 Å². The van der Waals surface area contributed by atoms with Crippen molar-refractivity contribution in [2.75, 3.05) is 6.54 Å². The summed E-state index contributed by atoms with van der Waals surface area (Å²) >= 11 is 6.26. The van der Waals surface area contributed by atoms with Gasteiger partial charge in [0.25, 0.3) is 5.91 Å². The lowest BCUT2D eigenvalue weighted by Crippen LogP contribution is -2.34. The van der Waals surface area contributed by atoms with Crippen molar-refractivity contribution >= 4 is 29.4 Å². The zero-order valence-electron chi connectivity index (χ0n) is 17.4. The number of benzene rings is 2. The van der Waals surface area contributed by atoms with Crippen molar-refractivity contribution in [3.05, 3.63) is 70.2 Å². The molecule has 0 radical (unpaired) electrons. The molecule has 0 aliphatic heterocycles. The summed E-state index contributed by atoms with van der Waals surface area (Å²) in [6.45, 7) is 5.60. The Morgan fingerprint density at radius 2 is 1.80 bits per heavy atom. The van der Waals surface area contributed by atoms with Crippen LogP contribution in [0.3, 0.4) is 0 Å². The maximum absolute atomic E-state index is 12.5. The van der Waals surface area contributed by atoms with Crippen molar-refractivity contribution in [1.29, 1.82) is 0 Å². The summed E-state index contributed by atoms with van der Waals surface area (Å²) in [4.78, 5) is 36.8. The van der Waals surface area contributed by atoms with Gasteiger partial charge in [-0.15, -0.1) is 0 Å². The summed E-state index contributed by atoms with van der Waals surface area (Å²) in [5, 5.41) is 6.01. The number of carbonyl (C=O) groups is 3. The molecule has 2 N–H and O–H groups in total. The molecule has 160 valence electrons. The minimum Gasteiger partial charge on any atom is -0.463 e. The number of amides is 2. The second-order valence-corrected chi connectivity index (χ2v) is 7.67. The highest BCUT2D eigenvalue weighted by Crippen LogP contribution is 2.25. The molecule has 2 aromatic rings. The molecule has 0 saturated carbocycles. The number of rotatable bonds is 9. The molecule has 0 saturated heterocycles. The fourth-order valence-electron chi connectivity index (χ4n) is 2.92. The van der Waals surface area contributed by atoms with Gasteiger partial charge < -0.3 is 15.4 Å². The van der Waals surface area contributed by atoms with Crippen LogP contribution >= 0.6 is 11.6 Å². The van der Waals surface area contributed by atoms with Crippen molar-refractivity contribution in [2.24, 2.45) is 0 Å². The molecule has 1 atom stereocenters. The number of halogens is 1. The molecule has 2 aromatic carbocycles. The molecule has 6 nitrogen and oxygen atoms in total. The Kier molecular flexibility index (Phi) is 8.87. The summed E-state index contributed by atoms with van der Waals surface area (Å²) < 4.78 is 5.20. The van der Waals surface area contributed by atoms with Crippen LogP contribution < -0.4 is 10.6 Å². The number of esters is 1. The van der Waals surface area contributed by atoms with Crippen LogP contribution in [0.1, 0.15) is 54.2 Å². The molecule has 2 amide bonds. The second-order valence-electron chi connectivity index (χ2n) is 7.26. The quantitative estimate of drug-likeness (QED) is 0.589. The number of aryl methyl sites for hydroxylation is 1. The Morgan fingerprint density at radius 1 is 1.07 bits per heavy atom. The Labute approximate surface area is 182 Å². The van der Waals surface area contributed by atoms with Crippen LogP contribution in [-0.2, 0) is 14.3 Å². The van der Waals surface area contributed by atoms with Gasteiger partial charge in [-0.25, -0.2) is 0 Å². The zero-order valence-corrected chi connectivity index (χ0v) is 18.2. The molecule has 0 aliphatic rings. The van der Waals surface area contributed by atoms with E-state index in [4.69, 9.17) is 16.3 Å². The molecule has 0 heterocycles. The van der Waals surface area contributed by atoms with Gasteiger partial charge >= 0.3 is 5.97 Å². The molecule has 0 aliphatic carbocycles. The SMILES string of the molecule is Cc1cccc(C(=O)NCCC(=O)NC(CC(=O)OC(C)C)c2ccccc2Cl)c1. The van der Waals surface area contributed by atoms with E-state index in [9.17, 15) is 14.4 Å². The fraction of sp³-hybridized carbons (Fsp3) is 0.348. The molecule has 7 heteroatoms. The lowest BCUT2D eigenvalue weighted by Gasteiger charge is -2.20. The Morgan fingerprint density at radius 3 is 2.47 bits per heavy atom. The monoisotopic (exact) mass is 430 g/mol. The van der Waals surface area contributed by atoms with Gasteiger partial charge in [-0.2, -0.15) is 0 Å². The summed E-state index contributed by atoms with van der Waals surface area (Å²) in [7, 11) is 0. The van der Waals surface area contributed by atoms with E-state index in [-0.39, 0.29) is 37.3 Å². The van der Waals surface area contributed by atoms with E-state index < -0.39 is 12.0 Å². The summed E-state index contributed by atoms with van der Waals surface area (Å²) in [6, 6.07) is 13.6. The van der Waals surface area contributed by atoms with Crippen molar-refractivity contribution in [3.63, 3.8) is 0 Å². The topological polar surface area (TPSA) is 84.5 Å². The molecular formula is C23H27ClN2O4. The second kappa shape index (κ2) is 11.4. The lowest BCUT2D eigenvalue weighted by molar-refractivity contribution is -0.148. The van der Waals surface area contributed by atoms with Crippen molar-refractivity contribution in [3.8, 4) is 0 Å². The van der Waals surface area contributed by atoms with Crippen LogP contribution in [0.5, 0.6) is 0 Å². The molecule has 1 unspecified atom stereocenters. The smallest absolute Gasteiger partial charge is 0.308 e. The number of carbonyl (C=O) groups excluding carboxylic acids is 3. The van der Waals surface area contributed by atoms with Crippen LogP contribution in [0.4, 0.5) is 0 Å². The van der Waals surface area contributed by atoms with Crippen LogP contribution in [0.25, 0.3) is 0 Å². The first-order chi connectivity index (χ1) is 14.3. The predicted molar refractivity (Wildman–Crippen MR) is 116 cm³/mol. The van der Waals surface area contributed by atoms with E-state index in [1.165, 1.54) is 0 Å². The van der Waals surface area contributed by atoms with E-state index >= 15 is 0 Å². The lowest BCUT2D eigenvalue weighted by atomic mass is 10.0. The highest BCUT2D eigenvalue weighted by Gasteiger charge is 2.22. The maximum atomic E-state index is 12.5. The van der Waals surface area contributed by atoms with E-state index in [1.807, 2.05) is 13.0 Å². The highest BCUT2D eigenvalue weighted by molar-refractivity contribution is 6.31. The average Bonchev–Trinajstić information content (AvgIpc) is 2.67. The van der Waals surface area contributed by atoms with Crippen molar-refractivity contribution < 1.29 is 19.1 Å². The van der Waals surface area contributed by atoms with Gasteiger partial charge in [-0.05, 0) is 44.5 Å². The largest absolute Gasteiger partial charge is 0.463 e. The number of nitrogens with one attached hydrogen (secondary N) is 2. The average molecular weight is 431 g/mol. The molecule has 0 bridgehead atoms. The standard InChI is InChI=1S/C23H27ClN2O4/c1-15(2)30-22(28)14-20(18-9-4-5-10-19(18)24)26-21(27)11-12-25-23(29)17-8-6-7-16(3)13-17/h4-10,13,15,20H,11-12,14H2,1-3H3,(H,25,29)(H,26,27). The van der Waals surface area contributed by atoms with E-state index in [0.29, 0.717) is 16.1 Å². The third-order valence-corrected chi connectivity index (χ3v) is 4.62. The predicted octanol–water partition coefficient (Wildman–Crippen LogP) is 3.97. The maximum Gasteiger partial charge on any atom is 0.308 e. The summed E-state index contributed by atoms with van der Waals surface area (Å²) in [5.74, 6) is -0.973. The van der Waals surface area contributed by atoms with Crippen molar-refractivity contribution in [1.82, 2.24) is 10.6 Å². The van der Waals surface area contributed by atoms with Crippen LogP contribution in [-0.4, -0.2) is 30.4 Å². The number of hydrogen-bond acceptors (Lipinski definition) is 4. The fourth-order valence-corrected chi connectivity index (χ4v) is 3.19. The molecule has 2 rings (SSSR count). The number of ether oxygens (including phenoxy) is 1. The van der Waals surface area contributed by atoms with E-state index in [2.05, 4.69) is 10.6 Å². The molecular weight excluding hydrogens is 404 g/mol. The van der Waals surface area contributed by atoms with Crippen molar-refractivity contribution in [2.45, 2.75) is 45.8 Å². The van der Waals surface area contributed by atoms with E-state index in [0.717, 1.165) is 5.56 Å². The first-order valence-electron chi connectivity index (χ1n) is 9.84. The van der Waals surface area contributed by atoms with Gasteiger partial charge in [-0.3, -0.25) is 14.4 Å². The highest BCUT2D eigenvalue weighted by atomic mass is 35.5. The van der Waals surface area contributed by atoms with Gasteiger partial charge in [0.1, 0.15) is 0 Å². The normalized spacial score (nSPS) is 11.6. The Balaban J connectivity index is 1.95. The van der Waals surface area contributed by atoms with Gasteiger partial charge in [0, 0.05) is 23.6 Å². The Bertz CT molecular complexity index is 898. The minimum absolute atomic E-state index is 0.0384. The molecule has 0 spiro atoms. The molecule has 30 heavy (non-hydrogen) atoms. The first-order valence-corrected chi connectivity index (χ1v) is 10.2. The van der Waals surface area contributed by atoms with Crippen LogP contribution in [0.15, 0.2) is 48.5 Å². The third-order valence-electron chi connectivity index (χ3n) is 4.27. The van der Waals surface area contributed by atoms with Gasteiger partial charge in [-0.1, -0.05) is 47.5 Å². The molecule has 0 fully saturated rings. The zero-order chi connectivity index (χ0) is 22.1. The summed E-state index contributed by atoms with van der Waals surface area (Å²) in [6.07, 6.45) is -0.224. The van der Waals surface area contributed by atoms with Crippen LogP contribution in [0.2, 0.25) is 5.02 Å². The summed E-state index contributed by atoms with van der Waals surface area (Å²) in [5.41, 5.74) is 2.16. The number of hydrogen-bond donors (Lipinski definition) is 2.